The summed E-state index contributed by atoms with van der Waals surface area (Å²) in [6, 6.07) is 14.3. The molecular formula is C23H27N3O4S. The normalized spacial score (nSPS) is 13.0. The maximum absolute atomic E-state index is 13.0. The number of aromatic nitrogens is 1. The summed E-state index contributed by atoms with van der Waals surface area (Å²) in [7, 11) is 0.171. The fourth-order valence-electron chi connectivity index (χ4n) is 3.16. The van der Waals surface area contributed by atoms with E-state index in [-0.39, 0.29) is 11.8 Å². The third kappa shape index (κ3) is 6.50. The van der Waals surface area contributed by atoms with Crippen LogP contribution in [0, 0.1) is 5.92 Å². The minimum absolute atomic E-state index is 0.246. The molecule has 1 heterocycles. The summed E-state index contributed by atoms with van der Waals surface area (Å²) in [5.74, 6) is 1.47. The second-order valence-electron chi connectivity index (χ2n) is 7.55. The molecular weight excluding hydrogens is 414 g/mol. The Kier molecular flexibility index (Phi) is 7.97. The Morgan fingerprint density at radius 2 is 1.97 bits per heavy atom. The first kappa shape index (κ1) is 22.7. The van der Waals surface area contributed by atoms with Crippen LogP contribution in [0.1, 0.15) is 25.8 Å². The van der Waals surface area contributed by atoms with Crippen molar-refractivity contribution in [2.75, 3.05) is 12.4 Å². The highest BCUT2D eigenvalue weighted by atomic mass is 32.2. The zero-order chi connectivity index (χ0) is 22.2. The summed E-state index contributed by atoms with van der Waals surface area (Å²) in [6.07, 6.45) is 3.50. The molecule has 1 aromatic heterocycles. The van der Waals surface area contributed by atoms with Gasteiger partial charge < -0.3 is 14.5 Å². The smallest absolute Gasteiger partial charge is 0.242 e. The number of benzene rings is 2. The van der Waals surface area contributed by atoms with Gasteiger partial charge in [-0.1, -0.05) is 44.2 Å². The molecule has 0 spiro atoms. The van der Waals surface area contributed by atoms with E-state index in [2.05, 4.69) is 15.0 Å². The molecule has 0 saturated heterocycles. The van der Waals surface area contributed by atoms with E-state index < -0.39 is 17.0 Å². The van der Waals surface area contributed by atoms with Gasteiger partial charge in [-0.25, -0.2) is 13.9 Å². The number of hydrogen-bond donors (Lipinski definition) is 2. The minimum Gasteiger partial charge on any atom is -0.496 e. The summed E-state index contributed by atoms with van der Waals surface area (Å²) < 4.78 is 26.4. The molecule has 2 unspecified atom stereocenters. The number of hydrogen-bond acceptors (Lipinski definition) is 5. The van der Waals surface area contributed by atoms with Gasteiger partial charge in [0.15, 0.2) is 12.2 Å². The molecule has 2 N–H and O–H groups in total. The Balaban J connectivity index is 1.70. The average Bonchev–Trinajstić information content (AvgIpc) is 3.28. The van der Waals surface area contributed by atoms with E-state index in [0.29, 0.717) is 29.4 Å². The van der Waals surface area contributed by atoms with Crippen molar-refractivity contribution in [1.29, 1.82) is 0 Å². The van der Waals surface area contributed by atoms with Crippen molar-refractivity contribution in [1.82, 2.24) is 9.71 Å². The number of anilines is 1. The van der Waals surface area contributed by atoms with Gasteiger partial charge in [-0.3, -0.25) is 4.79 Å². The fourth-order valence-corrected chi connectivity index (χ4v) is 4.26. The number of amides is 1. The highest BCUT2D eigenvalue weighted by Gasteiger charge is 2.22. The molecule has 0 aliphatic heterocycles. The third-order valence-electron chi connectivity index (χ3n) is 4.60. The van der Waals surface area contributed by atoms with Gasteiger partial charge in [-0.05, 0) is 30.0 Å². The van der Waals surface area contributed by atoms with Gasteiger partial charge in [0.05, 0.1) is 41.7 Å². The standard InChI is InChI=1S/C23H27N3O4S/c1-16(2)11-20(26-31(28)14-17-7-5-4-6-8-17)23(27)25-18-9-10-19(21(12-18)29-3)22-13-24-15-30-22/h4-10,12-13,15-16,20,26H,11,14H2,1-3H3,(H,25,27). The van der Waals surface area contributed by atoms with Gasteiger partial charge in [0.1, 0.15) is 5.75 Å². The van der Waals surface area contributed by atoms with Crippen molar-refractivity contribution in [3.63, 3.8) is 0 Å². The summed E-state index contributed by atoms with van der Waals surface area (Å²) in [4.78, 5) is 16.9. The molecule has 1 amide bonds. The van der Waals surface area contributed by atoms with Crippen LogP contribution >= 0.6 is 0 Å². The van der Waals surface area contributed by atoms with Crippen LogP contribution in [0.15, 0.2) is 65.5 Å². The van der Waals surface area contributed by atoms with E-state index in [1.54, 1.807) is 31.5 Å². The largest absolute Gasteiger partial charge is 0.496 e. The van der Waals surface area contributed by atoms with Crippen molar-refractivity contribution in [2.45, 2.75) is 32.1 Å². The van der Waals surface area contributed by atoms with Crippen LogP contribution < -0.4 is 14.8 Å². The highest BCUT2D eigenvalue weighted by molar-refractivity contribution is 7.82. The minimum atomic E-state index is -1.38. The lowest BCUT2D eigenvalue weighted by atomic mass is 10.0. The molecule has 164 valence electrons. The predicted octanol–water partition coefficient (Wildman–Crippen LogP) is 4.16. The highest BCUT2D eigenvalue weighted by Crippen LogP contribution is 2.32. The van der Waals surface area contributed by atoms with Gasteiger partial charge in [0.25, 0.3) is 0 Å². The Hall–Kier alpha value is -2.97. The third-order valence-corrected chi connectivity index (χ3v) is 5.75. The number of oxazole rings is 1. The molecule has 7 nitrogen and oxygen atoms in total. The molecule has 0 saturated carbocycles. The first-order valence-electron chi connectivity index (χ1n) is 10.0. The van der Waals surface area contributed by atoms with E-state index in [4.69, 9.17) is 9.15 Å². The van der Waals surface area contributed by atoms with Gasteiger partial charge in [0, 0.05) is 11.8 Å². The van der Waals surface area contributed by atoms with Crippen LogP contribution in [-0.2, 0) is 21.5 Å². The van der Waals surface area contributed by atoms with E-state index in [1.165, 1.54) is 6.39 Å². The zero-order valence-electron chi connectivity index (χ0n) is 17.8. The maximum Gasteiger partial charge on any atom is 0.242 e. The van der Waals surface area contributed by atoms with Crippen molar-refractivity contribution in [3.05, 3.63) is 66.7 Å². The molecule has 31 heavy (non-hydrogen) atoms. The Labute approximate surface area is 184 Å². The number of carbonyl (C=O) groups excluding carboxylic acids is 1. The Morgan fingerprint density at radius 3 is 2.61 bits per heavy atom. The van der Waals surface area contributed by atoms with Crippen LogP contribution in [0.3, 0.4) is 0 Å². The van der Waals surface area contributed by atoms with Gasteiger partial charge in [-0.2, -0.15) is 0 Å². The second-order valence-corrected chi connectivity index (χ2v) is 8.76. The Bertz CT molecular complexity index is 1010. The zero-order valence-corrected chi connectivity index (χ0v) is 18.6. The van der Waals surface area contributed by atoms with Crippen molar-refractivity contribution < 1.29 is 18.2 Å². The molecule has 0 fully saturated rings. The number of ether oxygens (including phenoxy) is 1. The number of nitrogens with one attached hydrogen (secondary N) is 2. The summed E-state index contributed by atoms with van der Waals surface area (Å²) in [5.41, 5.74) is 2.26. The molecule has 0 aliphatic carbocycles. The second kappa shape index (κ2) is 10.9. The lowest BCUT2D eigenvalue weighted by Gasteiger charge is -2.20. The molecule has 2 atom stereocenters. The number of carbonyl (C=O) groups is 1. The van der Waals surface area contributed by atoms with Crippen LogP contribution in [0.2, 0.25) is 0 Å². The summed E-state index contributed by atoms with van der Waals surface area (Å²) in [6.45, 7) is 4.05. The van der Waals surface area contributed by atoms with Crippen molar-refractivity contribution >= 4 is 22.6 Å². The van der Waals surface area contributed by atoms with Crippen molar-refractivity contribution in [2.24, 2.45) is 5.92 Å². The van der Waals surface area contributed by atoms with Gasteiger partial charge in [-0.15, -0.1) is 0 Å². The number of nitrogens with zero attached hydrogens (tertiary/aromatic N) is 1. The molecule has 2 aromatic carbocycles. The summed E-state index contributed by atoms with van der Waals surface area (Å²) in [5, 5.41) is 2.90. The van der Waals surface area contributed by atoms with E-state index in [0.717, 1.165) is 11.1 Å². The van der Waals surface area contributed by atoms with Gasteiger partial charge >= 0.3 is 0 Å². The molecule has 8 heteroatoms. The monoisotopic (exact) mass is 441 g/mol. The average molecular weight is 442 g/mol. The summed E-state index contributed by atoms with van der Waals surface area (Å²) >= 11 is 0. The maximum atomic E-state index is 13.0. The topological polar surface area (TPSA) is 93.5 Å². The molecule has 0 aliphatic rings. The fraction of sp³-hybridized carbons (Fsp3) is 0.304. The van der Waals surface area contributed by atoms with Crippen molar-refractivity contribution in [3.8, 4) is 17.1 Å². The molecule has 0 radical (unpaired) electrons. The molecule has 3 aromatic rings. The lowest BCUT2D eigenvalue weighted by Crippen LogP contribution is -2.42. The van der Waals surface area contributed by atoms with Crippen LogP contribution in [0.25, 0.3) is 11.3 Å². The van der Waals surface area contributed by atoms with E-state index in [1.807, 2.05) is 44.2 Å². The van der Waals surface area contributed by atoms with Crippen LogP contribution in [0.5, 0.6) is 5.75 Å². The lowest BCUT2D eigenvalue weighted by molar-refractivity contribution is -0.118. The first-order chi connectivity index (χ1) is 15.0. The van der Waals surface area contributed by atoms with Gasteiger partial charge in [0.2, 0.25) is 5.91 Å². The van der Waals surface area contributed by atoms with E-state index in [9.17, 15) is 9.00 Å². The SMILES string of the molecule is COc1cc(NC(=O)C(CC(C)C)NS(=O)Cc2ccccc2)ccc1-c1cnco1. The predicted molar refractivity (Wildman–Crippen MR) is 122 cm³/mol. The van der Waals surface area contributed by atoms with Crippen LogP contribution in [0.4, 0.5) is 5.69 Å². The molecule has 3 rings (SSSR count). The first-order valence-corrected chi connectivity index (χ1v) is 11.3. The molecule has 0 bridgehead atoms. The number of rotatable bonds is 10. The quantitative estimate of drug-likeness (QED) is 0.493. The van der Waals surface area contributed by atoms with Crippen LogP contribution in [-0.4, -0.2) is 28.3 Å². The number of methoxy groups -OCH3 is 1. The van der Waals surface area contributed by atoms with E-state index >= 15 is 0 Å². The Morgan fingerprint density at radius 1 is 1.19 bits per heavy atom.